The van der Waals surface area contributed by atoms with Crippen LogP contribution in [-0.2, 0) is 16.2 Å². The maximum absolute atomic E-state index is 11.7. The van der Waals surface area contributed by atoms with Gasteiger partial charge >= 0.3 is 5.97 Å². The number of thioether (sulfide) groups is 1. The number of benzene rings is 2. The Balaban J connectivity index is 1.78. The smallest absolute Gasteiger partial charge is 0.305 e. The van der Waals surface area contributed by atoms with Crippen LogP contribution in [0.3, 0.4) is 0 Å². The van der Waals surface area contributed by atoms with Gasteiger partial charge in [-0.15, -0.1) is 5.10 Å². The fourth-order valence-corrected chi connectivity index (χ4v) is 3.51. The molecule has 8 heteroatoms. The Morgan fingerprint density at radius 3 is 2.81 bits per heavy atom. The van der Waals surface area contributed by atoms with E-state index in [-0.39, 0.29) is 24.1 Å². The van der Waals surface area contributed by atoms with E-state index >= 15 is 0 Å². The minimum atomic E-state index is -1.04. The van der Waals surface area contributed by atoms with Crippen molar-refractivity contribution in [3.05, 3.63) is 59.7 Å². The Bertz CT molecular complexity index is 927. The highest BCUT2D eigenvalue weighted by Crippen LogP contribution is 2.24. The molecule has 3 N–H and O–H groups in total. The van der Waals surface area contributed by atoms with Crippen LogP contribution in [0.15, 0.2) is 58.7 Å². The van der Waals surface area contributed by atoms with Crippen LogP contribution in [0.2, 0.25) is 0 Å². The molecule has 1 saturated heterocycles. The van der Waals surface area contributed by atoms with Crippen molar-refractivity contribution in [2.45, 2.75) is 18.3 Å². The van der Waals surface area contributed by atoms with Crippen molar-refractivity contribution in [3.63, 3.8) is 0 Å². The summed E-state index contributed by atoms with van der Waals surface area (Å²) < 4.78 is 0. The average molecular weight is 383 g/mol. The zero-order valence-corrected chi connectivity index (χ0v) is 15.0. The van der Waals surface area contributed by atoms with E-state index in [2.05, 4.69) is 15.5 Å². The lowest BCUT2D eigenvalue weighted by Gasteiger charge is -2.07. The van der Waals surface area contributed by atoms with Crippen LogP contribution in [0.5, 0.6) is 0 Å². The number of carbonyl (C=O) groups excluding carboxylic acids is 1. The van der Waals surface area contributed by atoms with Crippen LogP contribution in [0.25, 0.3) is 11.1 Å². The quantitative estimate of drug-likeness (QED) is 0.523. The third-order valence-corrected chi connectivity index (χ3v) is 4.94. The van der Waals surface area contributed by atoms with Gasteiger partial charge in [0.25, 0.3) is 0 Å². The number of carbonyl (C=O) groups is 2. The predicted octanol–water partition coefficient (Wildman–Crippen LogP) is 2.24. The lowest BCUT2D eigenvalue weighted by molar-refractivity contribution is -0.138. The van der Waals surface area contributed by atoms with Gasteiger partial charge in [0.15, 0.2) is 5.17 Å². The summed E-state index contributed by atoms with van der Waals surface area (Å²) in [6.07, 6.45) is 1.31. The monoisotopic (exact) mass is 383 g/mol. The van der Waals surface area contributed by atoms with Crippen molar-refractivity contribution >= 4 is 35.0 Å². The van der Waals surface area contributed by atoms with Gasteiger partial charge in [-0.3, -0.25) is 9.59 Å². The highest BCUT2D eigenvalue weighted by Gasteiger charge is 2.32. The number of hydrogen-bond donors (Lipinski definition) is 3. The van der Waals surface area contributed by atoms with Crippen LogP contribution in [0.4, 0.5) is 0 Å². The van der Waals surface area contributed by atoms with Crippen molar-refractivity contribution in [2.75, 3.05) is 0 Å². The first kappa shape index (κ1) is 18.8. The molecule has 0 saturated carbocycles. The molecule has 0 bridgehead atoms. The van der Waals surface area contributed by atoms with E-state index in [0.29, 0.717) is 0 Å². The summed E-state index contributed by atoms with van der Waals surface area (Å²) >= 11 is 1.05. The summed E-state index contributed by atoms with van der Waals surface area (Å²) in [5.74, 6) is -1.41. The average Bonchev–Trinajstić information content (AvgIpc) is 3.01. The molecular weight excluding hydrogens is 366 g/mol. The molecule has 1 unspecified atom stereocenters. The van der Waals surface area contributed by atoms with Gasteiger partial charge in [0.2, 0.25) is 5.91 Å². The molecule has 0 aliphatic carbocycles. The Labute approximate surface area is 159 Å². The first-order valence-corrected chi connectivity index (χ1v) is 9.04. The summed E-state index contributed by atoms with van der Waals surface area (Å²) in [4.78, 5) is 22.5. The standard InChI is InChI=1S/C19H17N3O4S/c23-11-12-4-3-6-13(8-12)15-7-2-1-5-14(15)10-20-22-19-21-18(26)16(27-19)9-17(24)25/h1-8,10,16,23H,9,11H2,(H,24,25)(H,21,22,26). The van der Waals surface area contributed by atoms with Crippen LogP contribution in [0.1, 0.15) is 17.5 Å². The molecule has 1 fully saturated rings. The van der Waals surface area contributed by atoms with Crippen molar-refractivity contribution in [2.24, 2.45) is 10.2 Å². The van der Waals surface area contributed by atoms with Gasteiger partial charge in [0.05, 0.1) is 19.2 Å². The van der Waals surface area contributed by atoms with E-state index in [1.54, 1.807) is 6.21 Å². The maximum atomic E-state index is 11.7. The fraction of sp³-hybridized carbons (Fsp3) is 0.158. The molecule has 2 aromatic carbocycles. The Hall–Kier alpha value is -2.97. The number of aliphatic carboxylic acids is 1. The van der Waals surface area contributed by atoms with Gasteiger partial charge < -0.3 is 15.5 Å². The number of aliphatic hydroxyl groups excluding tert-OH is 1. The second-order valence-electron chi connectivity index (χ2n) is 5.79. The third kappa shape index (κ3) is 4.81. The highest BCUT2D eigenvalue weighted by molar-refractivity contribution is 8.15. The molecule has 0 spiro atoms. The van der Waals surface area contributed by atoms with E-state index < -0.39 is 11.2 Å². The topological polar surface area (TPSA) is 111 Å². The molecule has 3 rings (SSSR count). The summed E-state index contributed by atoms with van der Waals surface area (Å²) in [6.45, 7) is -0.0355. The van der Waals surface area contributed by atoms with Crippen LogP contribution >= 0.6 is 11.8 Å². The molecule has 1 aliphatic rings. The molecule has 0 radical (unpaired) electrons. The fourth-order valence-electron chi connectivity index (χ4n) is 2.60. The van der Waals surface area contributed by atoms with E-state index in [9.17, 15) is 14.7 Å². The largest absolute Gasteiger partial charge is 0.481 e. The molecule has 2 aromatic rings. The number of nitrogens with zero attached hydrogens (tertiary/aromatic N) is 2. The number of aliphatic hydroxyl groups is 1. The number of carboxylic acid groups (broad SMARTS) is 1. The van der Waals surface area contributed by atoms with Crippen LogP contribution in [0, 0.1) is 0 Å². The second-order valence-corrected chi connectivity index (χ2v) is 6.98. The summed E-state index contributed by atoms with van der Waals surface area (Å²) in [7, 11) is 0. The van der Waals surface area contributed by atoms with E-state index in [4.69, 9.17) is 5.11 Å². The van der Waals surface area contributed by atoms with Crippen molar-refractivity contribution < 1.29 is 19.8 Å². The number of amidine groups is 1. The van der Waals surface area contributed by atoms with E-state index in [0.717, 1.165) is 34.0 Å². The number of nitrogens with one attached hydrogen (secondary N) is 1. The normalized spacial score (nSPS) is 18.2. The number of carboxylic acids is 1. The molecule has 0 aromatic heterocycles. The lowest BCUT2D eigenvalue weighted by Crippen LogP contribution is -2.26. The SMILES string of the molecule is O=C(O)CC1SC(=NN=Cc2ccccc2-c2cccc(CO)c2)NC1=O. The Morgan fingerprint density at radius 1 is 1.22 bits per heavy atom. The van der Waals surface area contributed by atoms with Crippen LogP contribution in [-0.4, -0.2) is 38.7 Å². The van der Waals surface area contributed by atoms with Gasteiger partial charge in [-0.2, -0.15) is 5.10 Å². The van der Waals surface area contributed by atoms with Gasteiger partial charge in [0, 0.05) is 5.56 Å². The maximum Gasteiger partial charge on any atom is 0.305 e. The molecule has 27 heavy (non-hydrogen) atoms. The van der Waals surface area contributed by atoms with Crippen molar-refractivity contribution in [3.8, 4) is 11.1 Å². The summed E-state index contributed by atoms with van der Waals surface area (Å²) in [6, 6.07) is 15.2. The molecule has 7 nitrogen and oxygen atoms in total. The molecule has 1 aliphatic heterocycles. The van der Waals surface area contributed by atoms with Gasteiger partial charge in [0.1, 0.15) is 5.25 Å². The number of amides is 1. The van der Waals surface area contributed by atoms with Crippen molar-refractivity contribution in [1.82, 2.24) is 5.32 Å². The third-order valence-electron chi connectivity index (χ3n) is 3.86. The second kappa shape index (κ2) is 8.61. The zero-order chi connectivity index (χ0) is 19.2. The molecule has 1 amide bonds. The minimum absolute atomic E-state index is 0.0355. The first-order valence-electron chi connectivity index (χ1n) is 8.16. The van der Waals surface area contributed by atoms with Gasteiger partial charge in [-0.1, -0.05) is 54.2 Å². The van der Waals surface area contributed by atoms with Crippen molar-refractivity contribution in [1.29, 1.82) is 0 Å². The Kier molecular flexibility index (Phi) is 6.00. The van der Waals surface area contributed by atoms with E-state index in [1.165, 1.54) is 0 Å². The summed E-state index contributed by atoms with van der Waals surface area (Å²) in [5, 5.41) is 28.2. The minimum Gasteiger partial charge on any atom is -0.481 e. The van der Waals surface area contributed by atoms with Crippen LogP contribution < -0.4 is 5.32 Å². The highest BCUT2D eigenvalue weighted by atomic mass is 32.2. The zero-order valence-electron chi connectivity index (χ0n) is 14.2. The van der Waals surface area contributed by atoms with Gasteiger partial charge in [-0.25, -0.2) is 0 Å². The lowest BCUT2D eigenvalue weighted by atomic mass is 9.99. The Morgan fingerprint density at radius 2 is 2.04 bits per heavy atom. The summed E-state index contributed by atoms with van der Waals surface area (Å²) in [5.41, 5.74) is 3.52. The predicted molar refractivity (Wildman–Crippen MR) is 105 cm³/mol. The molecule has 138 valence electrons. The molecule has 1 atom stereocenters. The molecular formula is C19H17N3O4S. The number of hydrogen-bond acceptors (Lipinski definition) is 6. The van der Waals surface area contributed by atoms with Gasteiger partial charge in [-0.05, 0) is 22.8 Å². The molecule has 1 heterocycles. The van der Waals surface area contributed by atoms with E-state index in [1.807, 2.05) is 48.5 Å². The number of rotatable bonds is 6. The first-order chi connectivity index (χ1) is 13.1.